The second-order valence-electron chi connectivity index (χ2n) is 5.34. The Morgan fingerprint density at radius 3 is 2.79 bits per heavy atom. The van der Waals surface area contributed by atoms with Crippen LogP contribution in [0.25, 0.3) is 22.4 Å². The first-order chi connectivity index (χ1) is 11.7. The van der Waals surface area contributed by atoms with E-state index in [1.807, 2.05) is 47.2 Å². The summed E-state index contributed by atoms with van der Waals surface area (Å²) in [5.41, 5.74) is 3.87. The van der Waals surface area contributed by atoms with Crippen molar-refractivity contribution in [1.82, 2.24) is 10.1 Å². The van der Waals surface area contributed by atoms with E-state index in [1.165, 1.54) is 11.3 Å². The zero-order valence-electron chi connectivity index (χ0n) is 12.8. The molecule has 0 radical (unpaired) electrons. The van der Waals surface area contributed by atoms with Gasteiger partial charge in [0, 0.05) is 10.9 Å². The van der Waals surface area contributed by atoms with Gasteiger partial charge in [-0.05, 0) is 24.4 Å². The third kappa shape index (κ3) is 2.57. The third-order valence-corrected chi connectivity index (χ3v) is 4.39. The summed E-state index contributed by atoms with van der Waals surface area (Å²) in [4.78, 5) is 17.3. The first-order valence-electron chi connectivity index (χ1n) is 7.38. The lowest BCUT2D eigenvalue weighted by molar-refractivity contribution is 0.102. The highest BCUT2D eigenvalue weighted by Gasteiger charge is 2.19. The summed E-state index contributed by atoms with van der Waals surface area (Å²) in [7, 11) is 0. The molecule has 6 heteroatoms. The van der Waals surface area contributed by atoms with Gasteiger partial charge in [0.2, 0.25) is 0 Å². The topological polar surface area (TPSA) is 68.0 Å². The average Bonchev–Trinajstić information content (AvgIpc) is 3.25. The molecule has 118 valence electrons. The maximum Gasteiger partial charge on any atom is 0.259 e. The molecule has 0 spiro atoms. The Morgan fingerprint density at radius 1 is 1.21 bits per heavy atom. The molecule has 0 saturated carbocycles. The van der Waals surface area contributed by atoms with Crippen molar-refractivity contribution < 1.29 is 9.32 Å². The molecule has 0 aliphatic carbocycles. The van der Waals surface area contributed by atoms with E-state index in [1.54, 1.807) is 13.0 Å². The Hall–Kier alpha value is -2.99. The number of rotatable bonds is 3. The van der Waals surface area contributed by atoms with Gasteiger partial charge in [-0.3, -0.25) is 4.79 Å². The van der Waals surface area contributed by atoms with Gasteiger partial charge >= 0.3 is 0 Å². The summed E-state index contributed by atoms with van der Waals surface area (Å²) in [6, 6.07) is 13.3. The lowest BCUT2D eigenvalue weighted by Crippen LogP contribution is -2.12. The number of carbonyl (C=O) groups excluding carboxylic acids is 1. The number of thiophene rings is 1. The number of hydrogen-bond acceptors (Lipinski definition) is 5. The molecule has 0 atom stereocenters. The first-order valence-corrected chi connectivity index (χ1v) is 8.32. The molecule has 0 aliphatic rings. The second kappa shape index (κ2) is 5.90. The fourth-order valence-electron chi connectivity index (χ4n) is 2.56. The van der Waals surface area contributed by atoms with Gasteiger partial charge in [0.15, 0.2) is 0 Å². The van der Waals surface area contributed by atoms with E-state index in [9.17, 15) is 4.79 Å². The third-order valence-electron chi connectivity index (χ3n) is 3.71. The fraction of sp³-hybridized carbons (Fsp3) is 0.0556. The maximum absolute atomic E-state index is 12.8. The predicted octanol–water partition coefficient (Wildman–Crippen LogP) is 4.51. The van der Waals surface area contributed by atoms with Crippen LogP contribution in [0.5, 0.6) is 0 Å². The van der Waals surface area contributed by atoms with Crippen LogP contribution >= 0.6 is 11.3 Å². The number of aromatic nitrogens is 2. The number of anilines is 1. The van der Waals surface area contributed by atoms with Gasteiger partial charge in [0.1, 0.15) is 0 Å². The highest BCUT2D eigenvalue weighted by molar-refractivity contribution is 7.08. The van der Waals surface area contributed by atoms with Gasteiger partial charge in [-0.25, -0.2) is 4.98 Å². The number of amides is 1. The van der Waals surface area contributed by atoms with Gasteiger partial charge in [-0.15, -0.1) is 0 Å². The second-order valence-corrected chi connectivity index (χ2v) is 6.12. The minimum atomic E-state index is -0.204. The summed E-state index contributed by atoms with van der Waals surface area (Å²) in [6.45, 7) is 1.80. The fourth-order valence-corrected chi connectivity index (χ4v) is 3.15. The zero-order chi connectivity index (χ0) is 16.5. The summed E-state index contributed by atoms with van der Waals surface area (Å²) in [5, 5.41) is 11.3. The molecule has 3 heterocycles. The Balaban J connectivity index is 1.86. The monoisotopic (exact) mass is 335 g/mol. The molecular formula is C18H13N3O2S. The molecule has 0 unspecified atom stereocenters. The van der Waals surface area contributed by atoms with Crippen molar-refractivity contribution in [3.63, 3.8) is 0 Å². The zero-order valence-corrected chi connectivity index (χ0v) is 13.6. The van der Waals surface area contributed by atoms with E-state index in [4.69, 9.17) is 4.52 Å². The van der Waals surface area contributed by atoms with Crippen LogP contribution in [-0.2, 0) is 0 Å². The minimum absolute atomic E-state index is 0.204. The largest absolute Gasteiger partial charge is 0.335 e. The molecule has 0 saturated heterocycles. The molecule has 4 rings (SSSR count). The van der Waals surface area contributed by atoms with Crippen molar-refractivity contribution in [3.8, 4) is 11.3 Å². The Morgan fingerprint density at radius 2 is 2.04 bits per heavy atom. The molecule has 3 aromatic heterocycles. The average molecular weight is 335 g/mol. The predicted molar refractivity (Wildman–Crippen MR) is 94.2 cm³/mol. The number of carbonyl (C=O) groups is 1. The first kappa shape index (κ1) is 14.6. The molecule has 0 fully saturated rings. The van der Waals surface area contributed by atoms with Crippen LogP contribution < -0.4 is 5.32 Å². The highest BCUT2D eigenvalue weighted by Crippen LogP contribution is 2.27. The van der Waals surface area contributed by atoms with E-state index in [0.29, 0.717) is 28.1 Å². The van der Waals surface area contributed by atoms with Crippen LogP contribution in [-0.4, -0.2) is 16.0 Å². The van der Waals surface area contributed by atoms with Crippen LogP contribution in [0.1, 0.15) is 16.1 Å². The van der Waals surface area contributed by atoms with Crippen LogP contribution in [0, 0.1) is 6.92 Å². The van der Waals surface area contributed by atoms with Gasteiger partial charge < -0.3 is 9.84 Å². The van der Waals surface area contributed by atoms with E-state index >= 15 is 0 Å². The number of hydrogen-bond donors (Lipinski definition) is 1. The Kier molecular flexibility index (Phi) is 3.59. The van der Waals surface area contributed by atoms with E-state index in [-0.39, 0.29) is 5.91 Å². The van der Waals surface area contributed by atoms with Crippen molar-refractivity contribution >= 4 is 34.0 Å². The molecule has 0 bridgehead atoms. The number of nitrogens with zero attached hydrogens (tertiary/aromatic N) is 2. The SMILES string of the molecule is Cc1noc2nc(-c3ccccc3)cc(C(=O)Nc3ccsc3)c12. The molecule has 1 amide bonds. The Labute approximate surface area is 141 Å². The van der Waals surface area contributed by atoms with Gasteiger partial charge in [-0.2, -0.15) is 11.3 Å². The number of pyridine rings is 1. The Bertz CT molecular complexity index is 1010. The lowest BCUT2D eigenvalue weighted by atomic mass is 10.1. The maximum atomic E-state index is 12.8. The smallest absolute Gasteiger partial charge is 0.259 e. The van der Waals surface area contributed by atoms with Crippen molar-refractivity contribution in [2.75, 3.05) is 5.32 Å². The van der Waals surface area contributed by atoms with Crippen molar-refractivity contribution in [2.45, 2.75) is 6.92 Å². The van der Waals surface area contributed by atoms with E-state index < -0.39 is 0 Å². The van der Waals surface area contributed by atoms with Gasteiger partial charge in [-0.1, -0.05) is 35.5 Å². The number of aryl methyl sites for hydroxylation is 1. The summed E-state index contributed by atoms with van der Waals surface area (Å²) >= 11 is 1.53. The van der Waals surface area contributed by atoms with E-state index in [0.717, 1.165) is 11.3 Å². The number of fused-ring (bicyclic) bond motifs is 1. The van der Waals surface area contributed by atoms with Crippen LogP contribution in [0.2, 0.25) is 0 Å². The quantitative estimate of drug-likeness (QED) is 0.598. The molecule has 0 aliphatic heterocycles. The molecule has 24 heavy (non-hydrogen) atoms. The number of nitrogens with one attached hydrogen (secondary N) is 1. The van der Waals surface area contributed by atoms with Crippen molar-refractivity contribution in [1.29, 1.82) is 0 Å². The summed E-state index contributed by atoms with van der Waals surface area (Å²) in [5.74, 6) is -0.204. The lowest BCUT2D eigenvalue weighted by Gasteiger charge is -2.07. The van der Waals surface area contributed by atoms with Crippen molar-refractivity contribution in [2.24, 2.45) is 0 Å². The van der Waals surface area contributed by atoms with Crippen LogP contribution in [0.15, 0.2) is 57.7 Å². The van der Waals surface area contributed by atoms with Crippen LogP contribution in [0.4, 0.5) is 5.69 Å². The van der Waals surface area contributed by atoms with Gasteiger partial charge in [0.05, 0.1) is 28.0 Å². The summed E-state index contributed by atoms with van der Waals surface area (Å²) < 4.78 is 5.30. The standard InChI is InChI=1S/C18H13N3O2S/c1-11-16-14(17(22)19-13-7-8-24-10-13)9-15(20-18(16)23-21-11)12-5-3-2-4-6-12/h2-10H,1H3,(H,19,22). The summed E-state index contributed by atoms with van der Waals surface area (Å²) in [6.07, 6.45) is 0. The minimum Gasteiger partial charge on any atom is -0.335 e. The highest BCUT2D eigenvalue weighted by atomic mass is 32.1. The normalized spacial score (nSPS) is 10.9. The molecule has 4 aromatic rings. The number of benzene rings is 1. The van der Waals surface area contributed by atoms with Crippen molar-refractivity contribution in [3.05, 3.63) is 64.5 Å². The molecule has 1 aromatic carbocycles. The van der Waals surface area contributed by atoms with Crippen LogP contribution in [0.3, 0.4) is 0 Å². The molecular weight excluding hydrogens is 322 g/mol. The van der Waals surface area contributed by atoms with E-state index in [2.05, 4.69) is 15.5 Å². The molecule has 5 nitrogen and oxygen atoms in total. The van der Waals surface area contributed by atoms with Gasteiger partial charge in [0.25, 0.3) is 11.6 Å². The molecule has 1 N–H and O–H groups in total.